The van der Waals surface area contributed by atoms with Crippen molar-refractivity contribution in [3.05, 3.63) is 23.7 Å². The number of nitrogens with zero attached hydrogens (tertiary/aromatic N) is 1. The third-order valence-corrected chi connectivity index (χ3v) is 3.55. The molecule has 0 atom stereocenters. The molecular formula is C16H28N2O. The lowest BCUT2D eigenvalue weighted by molar-refractivity contribution is 0.174. The van der Waals surface area contributed by atoms with Crippen molar-refractivity contribution in [1.29, 1.82) is 0 Å². The first-order chi connectivity index (χ1) is 9.04. The topological polar surface area (TPSA) is 28.4 Å². The molecule has 0 bridgehead atoms. The second kappa shape index (κ2) is 6.58. The second-order valence-corrected chi connectivity index (χ2v) is 6.44. The molecule has 108 valence electrons. The standard InChI is InChI=1S/C16H28N2O/c1-12(2)10-18(13(3)4)11-16-8-7-15(19-16)9-17-14-5-6-14/h7-8,12-14,17H,5-6,9-11H2,1-4H3. The zero-order valence-electron chi connectivity index (χ0n) is 12.8. The molecule has 1 N–H and O–H groups in total. The number of furan rings is 1. The highest BCUT2D eigenvalue weighted by Gasteiger charge is 2.20. The van der Waals surface area contributed by atoms with Gasteiger partial charge in [0.25, 0.3) is 0 Å². The van der Waals surface area contributed by atoms with E-state index >= 15 is 0 Å². The highest BCUT2D eigenvalue weighted by atomic mass is 16.3. The Kier molecular flexibility index (Phi) is 5.06. The molecule has 3 nitrogen and oxygen atoms in total. The first kappa shape index (κ1) is 14.6. The molecule has 1 fully saturated rings. The minimum Gasteiger partial charge on any atom is -0.463 e. The summed E-state index contributed by atoms with van der Waals surface area (Å²) in [7, 11) is 0. The molecule has 0 spiro atoms. The Labute approximate surface area is 117 Å². The van der Waals surface area contributed by atoms with Crippen LogP contribution in [0.4, 0.5) is 0 Å². The number of rotatable bonds is 8. The summed E-state index contributed by atoms with van der Waals surface area (Å²) in [6, 6.07) is 5.53. The summed E-state index contributed by atoms with van der Waals surface area (Å²) in [6.45, 7) is 11.9. The smallest absolute Gasteiger partial charge is 0.118 e. The van der Waals surface area contributed by atoms with Gasteiger partial charge in [-0.3, -0.25) is 4.90 Å². The molecule has 1 aromatic rings. The highest BCUT2D eigenvalue weighted by Crippen LogP contribution is 2.20. The van der Waals surface area contributed by atoms with Crippen LogP contribution in [0.25, 0.3) is 0 Å². The molecule has 2 rings (SSSR count). The van der Waals surface area contributed by atoms with E-state index in [2.05, 4.69) is 50.0 Å². The maximum Gasteiger partial charge on any atom is 0.118 e. The molecule has 1 saturated carbocycles. The van der Waals surface area contributed by atoms with Crippen molar-refractivity contribution in [1.82, 2.24) is 10.2 Å². The van der Waals surface area contributed by atoms with E-state index in [4.69, 9.17) is 4.42 Å². The Morgan fingerprint density at radius 3 is 2.47 bits per heavy atom. The van der Waals surface area contributed by atoms with E-state index in [-0.39, 0.29) is 0 Å². The van der Waals surface area contributed by atoms with Crippen LogP contribution in [-0.4, -0.2) is 23.5 Å². The van der Waals surface area contributed by atoms with E-state index in [1.54, 1.807) is 0 Å². The van der Waals surface area contributed by atoms with Gasteiger partial charge in [-0.15, -0.1) is 0 Å². The van der Waals surface area contributed by atoms with Crippen LogP contribution in [0.2, 0.25) is 0 Å². The monoisotopic (exact) mass is 264 g/mol. The molecule has 0 amide bonds. The average molecular weight is 264 g/mol. The fourth-order valence-electron chi connectivity index (χ4n) is 2.26. The van der Waals surface area contributed by atoms with Gasteiger partial charge in [0.05, 0.1) is 13.1 Å². The van der Waals surface area contributed by atoms with Gasteiger partial charge >= 0.3 is 0 Å². The Morgan fingerprint density at radius 2 is 1.89 bits per heavy atom. The van der Waals surface area contributed by atoms with Crippen LogP contribution in [0.15, 0.2) is 16.5 Å². The van der Waals surface area contributed by atoms with Gasteiger partial charge in [0.15, 0.2) is 0 Å². The van der Waals surface area contributed by atoms with E-state index in [0.717, 1.165) is 37.2 Å². The minimum atomic E-state index is 0.556. The van der Waals surface area contributed by atoms with Crippen molar-refractivity contribution < 1.29 is 4.42 Å². The van der Waals surface area contributed by atoms with Crippen molar-refractivity contribution >= 4 is 0 Å². The summed E-state index contributed by atoms with van der Waals surface area (Å²) >= 11 is 0. The lowest BCUT2D eigenvalue weighted by Gasteiger charge is -2.27. The average Bonchev–Trinajstić information content (AvgIpc) is 3.05. The van der Waals surface area contributed by atoms with Crippen molar-refractivity contribution in [2.75, 3.05) is 6.54 Å². The Morgan fingerprint density at radius 1 is 1.21 bits per heavy atom. The van der Waals surface area contributed by atoms with E-state index in [1.807, 2.05) is 0 Å². The van der Waals surface area contributed by atoms with Crippen molar-refractivity contribution in [2.45, 2.75) is 65.7 Å². The molecule has 19 heavy (non-hydrogen) atoms. The Bertz CT molecular complexity index is 380. The quantitative estimate of drug-likeness (QED) is 0.780. The van der Waals surface area contributed by atoms with E-state index in [0.29, 0.717) is 12.0 Å². The molecule has 3 heteroatoms. The minimum absolute atomic E-state index is 0.556. The van der Waals surface area contributed by atoms with E-state index < -0.39 is 0 Å². The third-order valence-electron chi connectivity index (χ3n) is 3.55. The van der Waals surface area contributed by atoms with Gasteiger partial charge in [0.2, 0.25) is 0 Å². The first-order valence-electron chi connectivity index (χ1n) is 7.59. The van der Waals surface area contributed by atoms with Crippen LogP contribution < -0.4 is 5.32 Å². The molecule has 0 unspecified atom stereocenters. The third kappa shape index (κ3) is 5.00. The SMILES string of the molecule is CC(C)CN(Cc1ccc(CNC2CC2)o1)C(C)C. The molecule has 0 aliphatic heterocycles. The number of hydrogen-bond donors (Lipinski definition) is 1. The maximum absolute atomic E-state index is 5.92. The van der Waals surface area contributed by atoms with Crippen LogP contribution in [0, 0.1) is 5.92 Å². The number of hydrogen-bond acceptors (Lipinski definition) is 3. The van der Waals surface area contributed by atoms with Crippen LogP contribution in [0.3, 0.4) is 0 Å². The van der Waals surface area contributed by atoms with Crippen LogP contribution in [0.1, 0.15) is 52.1 Å². The summed E-state index contributed by atoms with van der Waals surface area (Å²) in [4.78, 5) is 2.47. The fraction of sp³-hybridized carbons (Fsp3) is 0.750. The van der Waals surface area contributed by atoms with E-state index in [1.165, 1.54) is 12.8 Å². The normalized spacial score (nSPS) is 15.9. The summed E-state index contributed by atoms with van der Waals surface area (Å²) in [5.74, 6) is 2.84. The molecule has 1 aliphatic carbocycles. The van der Waals surface area contributed by atoms with Crippen molar-refractivity contribution in [3.63, 3.8) is 0 Å². The maximum atomic E-state index is 5.92. The lowest BCUT2D eigenvalue weighted by atomic mass is 10.1. The van der Waals surface area contributed by atoms with Crippen molar-refractivity contribution in [2.24, 2.45) is 5.92 Å². The molecule has 1 aliphatic rings. The largest absolute Gasteiger partial charge is 0.463 e. The Hall–Kier alpha value is -0.800. The summed E-state index contributed by atoms with van der Waals surface area (Å²) in [5.41, 5.74) is 0. The van der Waals surface area contributed by atoms with Gasteiger partial charge in [0, 0.05) is 18.6 Å². The van der Waals surface area contributed by atoms with Crippen LogP contribution >= 0.6 is 0 Å². The zero-order chi connectivity index (χ0) is 13.8. The second-order valence-electron chi connectivity index (χ2n) is 6.44. The van der Waals surface area contributed by atoms with Crippen LogP contribution in [0.5, 0.6) is 0 Å². The van der Waals surface area contributed by atoms with Gasteiger partial charge in [-0.2, -0.15) is 0 Å². The first-order valence-corrected chi connectivity index (χ1v) is 7.59. The summed E-state index contributed by atoms with van der Waals surface area (Å²) in [6.07, 6.45) is 2.65. The molecule has 0 radical (unpaired) electrons. The zero-order valence-corrected chi connectivity index (χ0v) is 12.8. The molecule has 1 aromatic heterocycles. The predicted molar refractivity (Wildman–Crippen MR) is 79.0 cm³/mol. The van der Waals surface area contributed by atoms with Gasteiger partial charge < -0.3 is 9.73 Å². The van der Waals surface area contributed by atoms with E-state index in [9.17, 15) is 0 Å². The molecule has 1 heterocycles. The fourth-order valence-corrected chi connectivity index (χ4v) is 2.26. The summed E-state index contributed by atoms with van der Waals surface area (Å²) < 4.78 is 5.92. The Balaban J connectivity index is 1.85. The van der Waals surface area contributed by atoms with Gasteiger partial charge in [-0.1, -0.05) is 13.8 Å². The predicted octanol–water partition coefficient (Wildman–Crippen LogP) is 3.40. The molecular weight excluding hydrogens is 236 g/mol. The number of nitrogens with one attached hydrogen (secondary N) is 1. The molecule has 0 saturated heterocycles. The highest BCUT2D eigenvalue weighted by molar-refractivity contribution is 5.07. The van der Waals surface area contributed by atoms with Gasteiger partial charge in [-0.05, 0) is 44.7 Å². The molecule has 0 aromatic carbocycles. The summed E-state index contributed by atoms with van der Waals surface area (Å²) in [5, 5.41) is 3.49. The van der Waals surface area contributed by atoms with Crippen LogP contribution in [-0.2, 0) is 13.1 Å². The van der Waals surface area contributed by atoms with Gasteiger partial charge in [-0.25, -0.2) is 0 Å². The lowest BCUT2D eigenvalue weighted by Crippen LogP contribution is -2.33. The van der Waals surface area contributed by atoms with Gasteiger partial charge in [0.1, 0.15) is 11.5 Å². The van der Waals surface area contributed by atoms with Crippen molar-refractivity contribution in [3.8, 4) is 0 Å².